The van der Waals surface area contributed by atoms with Crippen molar-refractivity contribution in [2.75, 3.05) is 0 Å². The van der Waals surface area contributed by atoms with Crippen molar-refractivity contribution in [1.82, 2.24) is 5.32 Å². The molecule has 0 aliphatic heterocycles. The first-order chi connectivity index (χ1) is 6.70. The van der Waals surface area contributed by atoms with Crippen molar-refractivity contribution in [1.29, 1.82) is 0 Å². The fourth-order valence-electron chi connectivity index (χ4n) is 1.84. The van der Waals surface area contributed by atoms with Gasteiger partial charge in [-0.15, -0.1) is 0 Å². The Morgan fingerprint density at radius 1 is 1.27 bits per heavy atom. The molecule has 15 heavy (non-hydrogen) atoms. The van der Waals surface area contributed by atoms with Gasteiger partial charge < -0.3 is 5.32 Å². The van der Waals surface area contributed by atoms with Crippen molar-refractivity contribution >= 4 is 18.3 Å². The minimum absolute atomic E-state index is 0.555. The Kier molecular flexibility index (Phi) is 6.07. The predicted octanol–water partition coefficient (Wildman–Crippen LogP) is 2.28. The molecule has 0 rings (SSSR count). The Labute approximate surface area is 100 Å². The quantitative estimate of drug-likeness (QED) is 0.731. The van der Waals surface area contributed by atoms with Crippen molar-refractivity contribution < 1.29 is 0 Å². The van der Waals surface area contributed by atoms with Crippen LogP contribution >= 0.6 is 0 Å². The van der Waals surface area contributed by atoms with Crippen molar-refractivity contribution in [2.45, 2.75) is 65.5 Å². The van der Waals surface area contributed by atoms with E-state index in [1.165, 1.54) is 16.7 Å². The maximum Gasteiger partial charge on any atom is 0.0635 e. The minimum Gasteiger partial charge on any atom is -0.310 e. The van der Waals surface area contributed by atoms with E-state index in [-0.39, 0.29) is 0 Å². The van der Waals surface area contributed by atoms with Gasteiger partial charge in [0.15, 0.2) is 0 Å². The molecular weight excluding hydrogens is 214 g/mol. The maximum absolute atomic E-state index is 3.81. The van der Waals surface area contributed by atoms with Crippen molar-refractivity contribution in [2.24, 2.45) is 0 Å². The molecule has 3 heteroatoms. The summed E-state index contributed by atoms with van der Waals surface area (Å²) in [5.74, 6) is 0. The highest BCUT2D eigenvalue weighted by Gasteiger charge is 2.26. The summed E-state index contributed by atoms with van der Waals surface area (Å²) in [5.41, 5.74) is 2.29. The van der Waals surface area contributed by atoms with Crippen molar-refractivity contribution in [3.63, 3.8) is 0 Å². The molecule has 2 unspecified atom stereocenters. The fraction of sp³-hybridized carbons (Fsp3) is 0.833. The minimum atomic E-state index is -1.05. The summed E-state index contributed by atoms with van der Waals surface area (Å²) in [6, 6.07) is 0.555. The molecule has 0 bridgehead atoms. The molecule has 0 aromatic rings. The Morgan fingerprint density at radius 3 is 2.00 bits per heavy atom. The second-order valence-corrected chi connectivity index (χ2v) is 12.8. The SMILES string of the molecule is CCC(NC(C)C(C)=C(C)[SiH3])[Si](C)(C)C. The van der Waals surface area contributed by atoms with Crippen LogP contribution in [0.2, 0.25) is 19.6 Å². The predicted molar refractivity (Wildman–Crippen MR) is 78.3 cm³/mol. The van der Waals surface area contributed by atoms with Crippen LogP contribution in [0.4, 0.5) is 0 Å². The highest BCUT2D eigenvalue weighted by molar-refractivity contribution is 6.77. The van der Waals surface area contributed by atoms with Gasteiger partial charge >= 0.3 is 0 Å². The van der Waals surface area contributed by atoms with Crippen LogP contribution in [0.1, 0.15) is 34.1 Å². The molecular formula is C12H29NSi2. The molecule has 0 aromatic carbocycles. The Bertz CT molecular complexity index is 224. The van der Waals surface area contributed by atoms with Gasteiger partial charge in [-0.05, 0) is 27.2 Å². The molecule has 0 amide bonds. The molecule has 0 aliphatic carbocycles. The summed E-state index contributed by atoms with van der Waals surface area (Å²) in [7, 11) is 0.140. The fourth-order valence-corrected chi connectivity index (χ4v) is 4.25. The lowest BCUT2D eigenvalue weighted by Gasteiger charge is -2.32. The molecule has 1 N–H and O–H groups in total. The Balaban J connectivity index is 4.52. The van der Waals surface area contributed by atoms with Crippen LogP contribution in [0.3, 0.4) is 0 Å². The van der Waals surface area contributed by atoms with E-state index in [2.05, 4.69) is 52.7 Å². The van der Waals surface area contributed by atoms with Crippen LogP contribution in [0.25, 0.3) is 0 Å². The summed E-state index contributed by atoms with van der Waals surface area (Å²) in [4.78, 5) is 0. The monoisotopic (exact) mass is 243 g/mol. The second-order valence-electron chi connectivity index (χ2n) is 5.90. The first kappa shape index (κ1) is 15.1. The third-order valence-electron chi connectivity index (χ3n) is 3.34. The van der Waals surface area contributed by atoms with Gasteiger partial charge in [0.1, 0.15) is 0 Å². The third-order valence-corrected chi connectivity index (χ3v) is 6.80. The molecule has 1 nitrogen and oxygen atoms in total. The van der Waals surface area contributed by atoms with Gasteiger partial charge in [0.05, 0.1) is 8.07 Å². The lowest BCUT2D eigenvalue weighted by molar-refractivity contribution is 0.547. The lowest BCUT2D eigenvalue weighted by atomic mass is 10.1. The molecule has 0 spiro atoms. The van der Waals surface area contributed by atoms with E-state index >= 15 is 0 Å². The van der Waals surface area contributed by atoms with Gasteiger partial charge in [-0.25, -0.2) is 0 Å². The molecule has 0 heterocycles. The van der Waals surface area contributed by atoms with Gasteiger partial charge in [-0.1, -0.05) is 37.3 Å². The number of allylic oxidation sites excluding steroid dienone is 1. The molecule has 90 valence electrons. The van der Waals surface area contributed by atoms with Crippen LogP contribution in [0.15, 0.2) is 10.8 Å². The molecule has 0 aliphatic rings. The van der Waals surface area contributed by atoms with Gasteiger partial charge in [-0.2, -0.15) is 0 Å². The normalized spacial score (nSPS) is 18.6. The summed E-state index contributed by atoms with van der Waals surface area (Å²) in [6.45, 7) is 16.5. The average Bonchev–Trinajstić information content (AvgIpc) is 2.10. The van der Waals surface area contributed by atoms with Gasteiger partial charge in [-0.3, -0.25) is 0 Å². The Hall–Kier alpha value is 0.134. The summed E-state index contributed by atoms with van der Waals surface area (Å²) < 4.78 is 0. The van der Waals surface area contributed by atoms with Crippen LogP contribution in [0, 0.1) is 0 Å². The molecule has 0 aromatic heterocycles. The lowest BCUT2D eigenvalue weighted by Crippen LogP contribution is -2.51. The second kappa shape index (κ2) is 6.01. The number of hydrogen-bond donors (Lipinski definition) is 1. The number of rotatable bonds is 5. The maximum atomic E-state index is 3.81. The van der Waals surface area contributed by atoms with E-state index < -0.39 is 8.07 Å². The largest absolute Gasteiger partial charge is 0.310 e. The highest BCUT2D eigenvalue weighted by Crippen LogP contribution is 2.14. The third kappa shape index (κ3) is 5.13. The van der Waals surface area contributed by atoms with Gasteiger partial charge in [0, 0.05) is 21.9 Å². The van der Waals surface area contributed by atoms with Crippen LogP contribution in [0.5, 0.6) is 0 Å². The first-order valence-corrected chi connectivity index (χ1v) is 10.7. The molecule has 0 saturated heterocycles. The summed E-state index contributed by atoms with van der Waals surface area (Å²) in [5, 5.41) is 5.40. The number of hydrogen-bond acceptors (Lipinski definition) is 1. The molecule has 0 radical (unpaired) electrons. The van der Waals surface area contributed by atoms with Gasteiger partial charge in [0.2, 0.25) is 0 Å². The zero-order valence-electron chi connectivity index (χ0n) is 11.9. The summed E-state index contributed by atoms with van der Waals surface area (Å²) in [6.07, 6.45) is 1.26. The molecule has 0 fully saturated rings. The van der Waals surface area contributed by atoms with E-state index in [1.807, 2.05) is 0 Å². The smallest absolute Gasteiger partial charge is 0.0635 e. The van der Waals surface area contributed by atoms with Crippen LogP contribution in [-0.2, 0) is 0 Å². The first-order valence-electron chi connectivity index (χ1n) is 6.10. The van der Waals surface area contributed by atoms with E-state index in [1.54, 1.807) is 10.8 Å². The van der Waals surface area contributed by atoms with Gasteiger partial charge in [0.25, 0.3) is 0 Å². The topological polar surface area (TPSA) is 12.0 Å². The van der Waals surface area contributed by atoms with E-state index in [0.717, 1.165) is 5.67 Å². The zero-order chi connectivity index (χ0) is 12.2. The van der Waals surface area contributed by atoms with Crippen molar-refractivity contribution in [3.05, 3.63) is 10.8 Å². The average molecular weight is 244 g/mol. The Morgan fingerprint density at radius 2 is 1.73 bits per heavy atom. The zero-order valence-corrected chi connectivity index (χ0v) is 14.9. The van der Waals surface area contributed by atoms with Crippen LogP contribution < -0.4 is 5.32 Å². The molecule has 2 atom stereocenters. The number of nitrogens with one attached hydrogen (secondary N) is 1. The van der Waals surface area contributed by atoms with Crippen LogP contribution in [-0.4, -0.2) is 30.0 Å². The standard InChI is InChI=1S/C12H29NSi2/c1-8-12(15(5,6)7)13-10(3)9(2)11(4)14/h10,12-13H,8H2,1-7,14H3. The molecule has 0 saturated carbocycles. The summed E-state index contributed by atoms with van der Waals surface area (Å²) >= 11 is 0. The highest BCUT2D eigenvalue weighted by atomic mass is 28.3. The van der Waals surface area contributed by atoms with E-state index in [9.17, 15) is 0 Å². The van der Waals surface area contributed by atoms with Crippen molar-refractivity contribution in [3.8, 4) is 0 Å². The van der Waals surface area contributed by atoms with E-state index in [4.69, 9.17) is 0 Å². The van der Waals surface area contributed by atoms with E-state index in [0.29, 0.717) is 6.04 Å².